The predicted octanol–water partition coefficient (Wildman–Crippen LogP) is 2.29. The van der Waals surface area contributed by atoms with E-state index in [1.807, 2.05) is 0 Å². The lowest BCUT2D eigenvalue weighted by Gasteiger charge is -2.12. The molecule has 1 aliphatic rings. The molecule has 1 saturated heterocycles. The number of aromatic nitrogens is 3. The highest BCUT2D eigenvalue weighted by Crippen LogP contribution is 2.19. The Hall–Kier alpha value is -2.31. The first-order valence-corrected chi connectivity index (χ1v) is 6.31. The van der Waals surface area contributed by atoms with Gasteiger partial charge in [0.05, 0.1) is 6.20 Å². The second-order valence-corrected chi connectivity index (χ2v) is 4.65. The van der Waals surface area contributed by atoms with Crippen molar-refractivity contribution in [3.8, 4) is 11.3 Å². The highest BCUT2D eigenvalue weighted by Gasteiger charge is 2.21. The van der Waals surface area contributed by atoms with Crippen LogP contribution in [0.3, 0.4) is 0 Å². The van der Waals surface area contributed by atoms with Gasteiger partial charge in [-0.15, -0.1) is 5.10 Å². The highest BCUT2D eigenvalue weighted by atomic mass is 19.1. The fourth-order valence-corrected chi connectivity index (χ4v) is 2.22. The lowest BCUT2D eigenvalue weighted by molar-refractivity contribution is 0.203. The Kier molecular flexibility index (Phi) is 3.17. The van der Waals surface area contributed by atoms with Crippen LogP contribution in [0.4, 0.5) is 13.6 Å². The van der Waals surface area contributed by atoms with Crippen LogP contribution < -0.4 is 0 Å². The molecule has 0 bridgehead atoms. The summed E-state index contributed by atoms with van der Waals surface area (Å²) in [6.45, 7) is 1.37. The third-order valence-electron chi connectivity index (χ3n) is 3.20. The van der Waals surface area contributed by atoms with Gasteiger partial charge in [0, 0.05) is 24.7 Å². The number of hydrogen-bond acceptors (Lipinski definition) is 3. The molecular formula is C13H12F2N4O. The fraction of sp³-hybridized carbons (Fsp3) is 0.308. The lowest BCUT2D eigenvalue weighted by atomic mass is 10.1. The monoisotopic (exact) mass is 278 g/mol. The van der Waals surface area contributed by atoms with Crippen molar-refractivity contribution < 1.29 is 13.6 Å². The third-order valence-corrected chi connectivity index (χ3v) is 3.20. The smallest absolute Gasteiger partial charge is 0.322 e. The van der Waals surface area contributed by atoms with E-state index in [2.05, 4.69) is 10.2 Å². The summed E-state index contributed by atoms with van der Waals surface area (Å²) in [6, 6.07) is 2.77. The molecule has 1 amide bonds. The number of benzene rings is 1. The van der Waals surface area contributed by atoms with Gasteiger partial charge in [-0.25, -0.2) is 13.6 Å². The molecule has 0 N–H and O–H groups in total. The number of hydrogen-bond donors (Lipinski definition) is 0. The van der Waals surface area contributed by atoms with Crippen LogP contribution in [0.1, 0.15) is 12.8 Å². The molecule has 1 aromatic heterocycles. The molecule has 1 aliphatic heterocycles. The van der Waals surface area contributed by atoms with Crippen LogP contribution in [0.25, 0.3) is 11.3 Å². The molecule has 7 heteroatoms. The Labute approximate surface area is 113 Å². The summed E-state index contributed by atoms with van der Waals surface area (Å²) < 4.78 is 26.3. The number of rotatable bonds is 1. The Balaban J connectivity index is 1.87. The van der Waals surface area contributed by atoms with Crippen molar-refractivity contribution in [3.63, 3.8) is 0 Å². The van der Waals surface area contributed by atoms with E-state index in [1.54, 1.807) is 4.90 Å². The molecule has 104 valence electrons. The van der Waals surface area contributed by atoms with E-state index in [0.717, 1.165) is 35.8 Å². The maximum absolute atomic E-state index is 13.2. The van der Waals surface area contributed by atoms with Gasteiger partial charge in [-0.2, -0.15) is 5.10 Å². The van der Waals surface area contributed by atoms with Gasteiger partial charge in [0.1, 0.15) is 17.3 Å². The Bertz CT molecular complexity index is 629. The van der Waals surface area contributed by atoms with E-state index in [9.17, 15) is 13.6 Å². The van der Waals surface area contributed by atoms with E-state index in [-0.39, 0.29) is 17.3 Å². The number of likely N-dealkylation sites (tertiary alicyclic amines) is 1. The van der Waals surface area contributed by atoms with E-state index in [1.165, 1.54) is 6.20 Å². The Morgan fingerprint density at radius 1 is 1.10 bits per heavy atom. The van der Waals surface area contributed by atoms with Gasteiger partial charge in [0.15, 0.2) is 0 Å². The zero-order chi connectivity index (χ0) is 14.1. The molecule has 20 heavy (non-hydrogen) atoms. The third kappa shape index (κ3) is 2.38. The molecule has 0 atom stereocenters. The fourth-order valence-electron chi connectivity index (χ4n) is 2.22. The SMILES string of the molecule is O=C(N1CCCC1)n1ncc(-c2cc(F)cc(F)c2)n1. The van der Waals surface area contributed by atoms with Crippen molar-refractivity contribution in [1.82, 2.24) is 19.9 Å². The summed E-state index contributed by atoms with van der Waals surface area (Å²) in [5, 5.41) is 7.85. The minimum atomic E-state index is -0.694. The van der Waals surface area contributed by atoms with Gasteiger partial charge in [0.25, 0.3) is 0 Å². The number of halogens is 2. The van der Waals surface area contributed by atoms with Crippen molar-refractivity contribution in [1.29, 1.82) is 0 Å². The summed E-state index contributed by atoms with van der Waals surface area (Å²) in [7, 11) is 0. The van der Waals surface area contributed by atoms with Gasteiger partial charge < -0.3 is 4.90 Å². The predicted molar refractivity (Wildman–Crippen MR) is 67.0 cm³/mol. The molecule has 0 saturated carbocycles. The normalized spacial score (nSPS) is 14.8. The van der Waals surface area contributed by atoms with Crippen LogP contribution in [0.5, 0.6) is 0 Å². The largest absolute Gasteiger partial charge is 0.362 e. The van der Waals surface area contributed by atoms with Crippen molar-refractivity contribution in [2.45, 2.75) is 12.8 Å². The second-order valence-electron chi connectivity index (χ2n) is 4.65. The average molecular weight is 278 g/mol. The van der Waals surface area contributed by atoms with Gasteiger partial charge in [-0.1, -0.05) is 4.80 Å². The molecule has 0 spiro atoms. The summed E-state index contributed by atoms with van der Waals surface area (Å²) in [6.07, 6.45) is 3.26. The van der Waals surface area contributed by atoms with Crippen LogP contribution in [-0.2, 0) is 0 Å². The summed E-state index contributed by atoms with van der Waals surface area (Å²) in [4.78, 5) is 14.7. The maximum atomic E-state index is 13.2. The van der Waals surface area contributed by atoms with Crippen LogP contribution in [0, 0.1) is 11.6 Å². The summed E-state index contributed by atoms with van der Waals surface area (Å²) >= 11 is 0. The minimum Gasteiger partial charge on any atom is -0.322 e. The zero-order valence-electron chi connectivity index (χ0n) is 10.6. The standard InChI is InChI=1S/C13H12F2N4O/c14-10-5-9(6-11(15)7-10)12-8-16-19(17-12)13(20)18-3-1-2-4-18/h5-8H,1-4H2. The summed E-state index contributed by atoms with van der Waals surface area (Å²) in [5.41, 5.74) is 0.513. The van der Waals surface area contributed by atoms with Crippen molar-refractivity contribution >= 4 is 6.03 Å². The number of amides is 1. The molecule has 3 rings (SSSR count). The van der Waals surface area contributed by atoms with E-state index in [4.69, 9.17) is 0 Å². The van der Waals surface area contributed by atoms with E-state index < -0.39 is 11.6 Å². The first-order valence-electron chi connectivity index (χ1n) is 6.31. The van der Waals surface area contributed by atoms with Gasteiger partial charge in [-0.05, 0) is 25.0 Å². The van der Waals surface area contributed by atoms with Gasteiger partial charge in [0.2, 0.25) is 0 Å². The van der Waals surface area contributed by atoms with Gasteiger partial charge in [-0.3, -0.25) is 0 Å². The molecule has 2 aromatic rings. The Morgan fingerprint density at radius 2 is 1.75 bits per heavy atom. The van der Waals surface area contributed by atoms with Crippen LogP contribution in [0.2, 0.25) is 0 Å². The molecule has 0 radical (unpaired) electrons. The Morgan fingerprint density at radius 3 is 2.40 bits per heavy atom. The van der Waals surface area contributed by atoms with Gasteiger partial charge >= 0.3 is 6.03 Å². The van der Waals surface area contributed by atoms with Crippen molar-refractivity contribution in [2.75, 3.05) is 13.1 Å². The molecule has 5 nitrogen and oxygen atoms in total. The highest BCUT2D eigenvalue weighted by molar-refractivity contribution is 5.75. The molecule has 1 fully saturated rings. The molecule has 0 unspecified atom stereocenters. The van der Waals surface area contributed by atoms with Crippen molar-refractivity contribution in [3.05, 3.63) is 36.0 Å². The quantitative estimate of drug-likeness (QED) is 0.804. The average Bonchev–Trinajstić information content (AvgIpc) is 3.09. The molecule has 0 aliphatic carbocycles. The number of nitrogens with zero attached hydrogens (tertiary/aromatic N) is 4. The van der Waals surface area contributed by atoms with Crippen LogP contribution in [-0.4, -0.2) is 39.0 Å². The molecule has 1 aromatic carbocycles. The van der Waals surface area contributed by atoms with Crippen molar-refractivity contribution in [2.24, 2.45) is 0 Å². The van der Waals surface area contributed by atoms with E-state index >= 15 is 0 Å². The molecular weight excluding hydrogens is 266 g/mol. The maximum Gasteiger partial charge on any atom is 0.362 e. The minimum absolute atomic E-state index is 0.253. The number of carbonyl (C=O) groups is 1. The van der Waals surface area contributed by atoms with Crippen LogP contribution >= 0.6 is 0 Å². The number of carbonyl (C=O) groups excluding carboxylic acids is 1. The second kappa shape index (κ2) is 4.99. The molecule has 2 heterocycles. The lowest BCUT2D eigenvalue weighted by Crippen LogP contribution is -2.33. The topological polar surface area (TPSA) is 51.0 Å². The zero-order valence-corrected chi connectivity index (χ0v) is 10.6. The first-order chi connectivity index (χ1) is 9.63. The van der Waals surface area contributed by atoms with E-state index in [0.29, 0.717) is 13.1 Å². The summed E-state index contributed by atoms with van der Waals surface area (Å²) in [5.74, 6) is -1.39. The van der Waals surface area contributed by atoms with Crippen LogP contribution in [0.15, 0.2) is 24.4 Å². The first kappa shape index (κ1) is 12.7.